The van der Waals surface area contributed by atoms with Gasteiger partial charge in [0.2, 0.25) is 0 Å². The normalized spacial score (nSPS) is 17.1. The molecule has 1 atom stereocenters. The summed E-state index contributed by atoms with van der Waals surface area (Å²) in [5, 5.41) is 23.4. The van der Waals surface area contributed by atoms with Gasteiger partial charge < -0.3 is 5.32 Å². The average Bonchev–Trinajstić information content (AvgIpc) is 2.84. The lowest BCUT2D eigenvalue weighted by atomic mass is 10.0. The molecule has 0 bridgehead atoms. The summed E-state index contributed by atoms with van der Waals surface area (Å²) in [5.74, 6) is 0.499. The fourth-order valence-corrected chi connectivity index (χ4v) is 3.32. The first-order valence-corrected chi connectivity index (χ1v) is 8.69. The van der Waals surface area contributed by atoms with E-state index in [1.54, 1.807) is 6.07 Å². The number of nitriles is 1. The third-order valence-corrected chi connectivity index (χ3v) is 4.72. The minimum atomic E-state index is -0.473. The summed E-state index contributed by atoms with van der Waals surface area (Å²) in [5.41, 5.74) is 0.941. The van der Waals surface area contributed by atoms with Gasteiger partial charge in [-0.15, -0.1) is 0 Å². The second kappa shape index (κ2) is 8.65. The molecule has 1 fully saturated rings. The van der Waals surface area contributed by atoms with Gasteiger partial charge in [-0.2, -0.15) is 5.26 Å². The minimum absolute atomic E-state index is 0.0509. The number of nitro benzene ring substituents is 1. The van der Waals surface area contributed by atoms with Crippen molar-refractivity contribution < 1.29 is 4.92 Å². The van der Waals surface area contributed by atoms with E-state index < -0.39 is 4.92 Å². The van der Waals surface area contributed by atoms with E-state index in [1.165, 1.54) is 37.8 Å². The Labute approximate surface area is 143 Å². The van der Waals surface area contributed by atoms with Gasteiger partial charge >= 0.3 is 0 Å². The fraction of sp³-hybridized carbons (Fsp3) is 0.611. The molecule has 1 saturated heterocycles. The van der Waals surface area contributed by atoms with Gasteiger partial charge in [-0.3, -0.25) is 15.0 Å². The van der Waals surface area contributed by atoms with Crippen molar-refractivity contribution in [3.05, 3.63) is 33.9 Å². The summed E-state index contributed by atoms with van der Waals surface area (Å²) < 4.78 is 0. The molecule has 1 aromatic carbocycles. The Bertz CT molecular complexity index is 602. The topological polar surface area (TPSA) is 82.2 Å². The molecule has 0 amide bonds. The number of anilines is 1. The summed E-state index contributed by atoms with van der Waals surface area (Å²) in [4.78, 5) is 12.9. The highest BCUT2D eigenvalue weighted by Crippen LogP contribution is 2.23. The van der Waals surface area contributed by atoms with E-state index in [4.69, 9.17) is 0 Å². The van der Waals surface area contributed by atoms with Crippen LogP contribution in [0.25, 0.3) is 0 Å². The van der Waals surface area contributed by atoms with Gasteiger partial charge in [0.05, 0.1) is 16.2 Å². The molecule has 1 N–H and O–H groups in total. The van der Waals surface area contributed by atoms with Crippen molar-refractivity contribution in [3.63, 3.8) is 0 Å². The zero-order chi connectivity index (χ0) is 17.5. The number of rotatable bonds is 6. The fourth-order valence-electron chi connectivity index (χ4n) is 3.32. The Kier molecular flexibility index (Phi) is 6.56. The summed E-state index contributed by atoms with van der Waals surface area (Å²) in [6.07, 6.45) is 5.08. The lowest BCUT2D eigenvalue weighted by Crippen LogP contribution is -2.44. The van der Waals surface area contributed by atoms with Crippen molar-refractivity contribution in [2.24, 2.45) is 5.92 Å². The Balaban J connectivity index is 2.09. The quantitative estimate of drug-likeness (QED) is 0.634. The van der Waals surface area contributed by atoms with Crippen molar-refractivity contribution in [2.45, 2.75) is 45.6 Å². The van der Waals surface area contributed by atoms with Gasteiger partial charge in [0.25, 0.3) is 5.69 Å². The number of benzene rings is 1. The van der Waals surface area contributed by atoms with E-state index in [2.05, 4.69) is 30.1 Å². The zero-order valence-corrected chi connectivity index (χ0v) is 14.5. The Hall–Kier alpha value is -2.13. The second-order valence-corrected chi connectivity index (χ2v) is 6.74. The molecule has 6 nitrogen and oxygen atoms in total. The number of nitrogens with one attached hydrogen (secondary N) is 1. The summed E-state index contributed by atoms with van der Waals surface area (Å²) >= 11 is 0. The maximum atomic E-state index is 10.8. The van der Waals surface area contributed by atoms with Crippen LogP contribution in [0.3, 0.4) is 0 Å². The van der Waals surface area contributed by atoms with Gasteiger partial charge in [0.1, 0.15) is 6.07 Å². The van der Waals surface area contributed by atoms with Crippen LogP contribution in [-0.4, -0.2) is 35.5 Å². The van der Waals surface area contributed by atoms with E-state index in [0.717, 1.165) is 19.6 Å². The molecule has 1 aliphatic rings. The van der Waals surface area contributed by atoms with Crippen LogP contribution in [-0.2, 0) is 0 Å². The van der Waals surface area contributed by atoms with E-state index in [9.17, 15) is 15.4 Å². The van der Waals surface area contributed by atoms with Crippen molar-refractivity contribution in [3.8, 4) is 6.07 Å². The Morgan fingerprint density at radius 2 is 1.96 bits per heavy atom. The van der Waals surface area contributed by atoms with E-state index >= 15 is 0 Å². The van der Waals surface area contributed by atoms with Gasteiger partial charge in [-0.05, 0) is 37.9 Å². The number of nitro groups is 1. The standard InChI is InChI=1S/C18H26N4O2/c1-14(2)18(21-9-5-3-4-6-10-21)13-20-17-8-7-16(22(23)24)11-15(17)12-19/h7-8,11,14,18,20H,3-6,9-10,13H2,1-2H3. The van der Waals surface area contributed by atoms with Crippen LogP contribution in [0.1, 0.15) is 45.1 Å². The van der Waals surface area contributed by atoms with E-state index in [-0.39, 0.29) is 5.69 Å². The number of likely N-dealkylation sites (tertiary alicyclic amines) is 1. The molecule has 0 aromatic heterocycles. The highest BCUT2D eigenvalue weighted by Gasteiger charge is 2.23. The number of non-ortho nitro benzene ring substituents is 1. The third kappa shape index (κ3) is 4.68. The Morgan fingerprint density at radius 3 is 2.50 bits per heavy atom. The first-order valence-electron chi connectivity index (χ1n) is 8.69. The average molecular weight is 330 g/mol. The summed E-state index contributed by atoms with van der Waals surface area (Å²) in [6, 6.07) is 6.86. The van der Waals surface area contributed by atoms with Crippen molar-refractivity contribution >= 4 is 11.4 Å². The first kappa shape index (κ1) is 18.2. The van der Waals surface area contributed by atoms with Crippen LogP contribution in [0.4, 0.5) is 11.4 Å². The molecule has 1 aromatic rings. The molecule has 0 spiro atoms. The molecule has 24 heavy (non-hydrogen) atoms. The van der Waals surface area contributed by atoms with Crippen molar-refractivity contribution in [2.75, 3.05) is 25.0 Å². The largest absolute Gasteiger partial charge is 0.382 e. The molecule has 6 heteroatoms. The first-order chi connectivity index (χ1) is 11.5. The SMILES string of the molecule is CC(C)C(CNc1ccc([N+](=O)[O-])cc1C#N)N1CCCCCC1. The van der Waals surface area contributed by atoms with Gasteiger partial charge in [0, 0.05) is 24.7 Å². The molecule has 2 rings (SSSR count). The molecular formula is C18H26N4O2. The van der Waals surface area contributed by atoms with E-state index in [1.807, 2.05) is 0 Å². The van der Waals surface area contributed by atoms with Crippen LogP contribution in [0, 0.1) is 27.4 Å². The second-order valence-electron chi connectivity index (χ2n) is 6.74. The molecule has 1 unspecified atom stereocenters. The third-order valence-electron chi connectivity index (χ3n) is 4.72. The number of hydrogen-bond donors (Lipinski definition) is 1. The molecular weight excluding hydrogens is 304 g/mol. The highest BCUT2D eigenvalue weighted by atomic mass is 16.6. The smallest absolute Gasteiger partial charge is 0.270 e. The summed E-state index contributed by atoms with van der Waals surface area (Å²) in [7, 11) is 0. The number of nitrogens with zero attached hydrogens (tertiary/aromatic N) is 3. The van der Waals surface area contributed by atoms with Gasteiger partial charge in [-0.25, -0.2) is 0 Å². The van der Waals surface area contributed by atoms with Gasteiger partial charge in [-0.1, -0.05) is 26.7 Å². The lowest BCUT2D eigenvalue weighted by molar-refractivity contribution is -0.384. The van der Waals surface area contributed by atoms with Gasteiger partial charge in [0.15, 0.2) is 0 Å². The summed E-state index contributed by atoms with van der Waals surface area (Å²) in [6.45, 7) is 7.42. The maximum absolute atomic E-state index is 10.8. The van der Waals surface area contributed by atoms with Crippen LogP contribution < -0.4 is 5.32 Å². The van der Waals surface area contributed by atoms with Crippen LogP contribution in [0.2, 0.25) is 0 Å². The molecule has 130 valence electrons. The lowest BCUT2D eigenvalue weighted by Gasteiger charge is -2.34. The molecule has 0 radical (unpaired) electrons. The van der Waals surface area contributed by atoms with Crippen molar-refractivity contribution in [1.82, 2.24) is 4.90 Å². The van der Waals surface area contributed by atoms with Crippen molar-refractivity contribution in [1.29, 1.82) is 5.26 Å². The zero-order valence-electron chi connectivity index (χ0n) is 14.5. The molecule has 1 aliphatic heterocycles. The highest BCUT2D eigenvalue weighted by molar-refractivity contribution is 5.61. The van der Waals surface area contributed by atoms with E-state index in [0.29, 0.717) is 23.2 Å². The number of hydrogen-bond acceptors (Lipinski definition) is 5. The molecule has 1 heterocycles. The Morgan fingerprint density at radius 1 is 1.29 bits per heavy atom. The predicted molar refractivity (Wildman–Crippen MR) is 95.0 cm³/mol. The molecule has 0 aliphatic carbocycles. The minimum Gasteiger partial charge on any atom is -0.382 e. The van der Waals surface area contributed by atoms with Crippen LogP contribution >= 0.6 is 0 Å². The van der Waals surface area contributed by atoms with Crippen LogP contribution in [0.5, 0.6) is 0 Å². The van der Waals surface area contributed by atoms with Crippen LogP contribution in [0.15, 0.2) is 18.2 Å². The molecule has 0 saturated carbocycles. The predicted octanol–water partition coefficient (Wildman–Crippen LogP) is 3.78. The maximum Gasteiger partial charge on any atom is 0.270 e. The monoisotopic (exact) mass is 330 g/mol.